The zero-order valence-corrected chi connectivity index (χ0v) is 13.6. The number of nitrogens with zero attached hydrogens (tertiary/aromatic N) is 3. The number of piperidine rings is 1. The van der Waals surface area contributed by atoms with Gasteiger partial charge in [0.1, 0.15) is 11.5 Å². The second kappa shape index (κ2) is 5.14. The van der Waals surface area contributed by atoms with E-state index in [1.807, 2.05) is 6.92 Å². The molecule has 0 spiro atoms. The van der Waals surface area contributed by atoms with Gasteiger partial charge in [-0.1, -0.05) is 0 Å². The first-order valence-corrected chi connectivity index (χ1v) is 9.22. The lowest BCUT2D eigenvalue weighted by molar-refractivity contribution is 0.333. The van der Waals surface area contributed by atoms with Crippen LogP contribution in [0.2, 0.25) is 0 Å². The van der Waals surface area contributed by atoms with Crippen molar-refractivity contribution in [1.29, 1.82) is 0 Å². The lowest BCUT2D eigenvalue weighted by atomic mass is 10.1. The molecule has 2 fully saturated rings. The molecule has 2 aliphatic rings. The monoisotopic (exact) mass is 335 g/mol. The Morgan fingerprint density at radius 1 is 1.30 bits per heavy atom. The molecule has 0 amide bonds. The Labute approximate surface area is 134 Å². The van der Waals surface area contributed by atoms with Gasteiger partial charge in [0.25, 0.3) is 0 Å². The first kappa shape index (κ1) is 14.8. The van der Waals surface area contributed by atoms with Gasteiger partial charge in [-0.25, -0.2) is 17.5 Å². The number of hydrogen-bond acceptors (Lipinski definition) is 3. The summed E-state index contributed by atoms with van der Waals surface area (Å²) in [4.78, 5) is 0.0233. The minimum atomic E-state index is -3.62. The molecule has 2 unspecified atom stereocenters. The van der Waals surface area contributed by atoms with Crippen LogP contribution in [0, 0.1) is 18.7 Å². The molecular formula is C16H18FN3O2S. The summed E-state index contributed by atoms with van der Waals surface area (Å²) in [5, 5.41) is 4.06. The van der Waals surface area contributed by atoms with E-state index in [9.17, 15) is 12.8 Å². The van der Waals surface area contributed by atoms with Crippen molar-refractivity contribution in [2.45, 2.75) is 37.1 Å². The average molecular weight is 335 g/mol. The minimum Gasteiger partial charge on any atom is -0.238 e. The fourth-order valence-corrected chi connectivity index (χ4v) is 5.44. The van der Waals surface area contributed by atoms with E-state index in [-0.39, 0.29) is 16.6 Å². The van der Waals surface area contributed by atoms with Gasteiger partial charge < -0.3 is 0 Å². The summed E-state index contributed by atoms with van der Waals surface area (Å²) in [6.45, 7) is 2.43. The lowest BCUT2D eigenvalue weighted by Gasteiger charge is -2.26. The summed E-state index contributed by atoms with van der Waals surface area (Å²) in [5.41, 5.74) is 1.16. The van der Waals surface area contributed by atoms with Gasteiger partial charge in [-0.05, 0) is 55.9 Å². The van der Waals surface area contributed by atoms with Gasteiger partial charge in [0, 0.05) is 18.8 Å². The average Bonchev–Trinajstić information content (AvgIpc) is 3.23. The number of hydrogen-bond donors (Lipinski definition) is 0. The van der Waals surface area contributed by atoms with Crippen molar-refractivity contribution in [3.63, 3.8) is 0 Å². The Morgan fingerprint density at radius 2 is 2.13 bits per heavy atom. The molecule has 2 aromatic rings. The van der Waals surface area contributed by atoms with E-state index >= 15 is 0 Å². The molecular weight excluding hydrogens is 317 g/mol. The van der Waals surface area contributed by atoms with Crippen LogP contribution in [-0.2, 0) is 10.0 Å². The third-order valence-corrected chi connectivity index (χ3v) is 6.76. The Hall–Kier alpha value is -1.73. The SMILES string of the molecule is Cc1cnn(-c2ccc(S(=O)(=O)N3CC4CCC3C4)cc2F)c1. The van der Waals surface area contributed by atoms with Crippen LogP contribution in [0.5, 0.6) is 0 Å². The van der Waals surface area contributed by atoms with Crippen molar-refractivity contribution < 1.29 is 12.8 Å². The molecule has 2 bridgehead atoms. The normalized spacial score (nSPS) is 24.4. The Morgan fingerprint density at radius 3 is 2.70 bits per heavy atom. The summed E-state index contributed by atoms with van der Waals surface area (Å²) < 4.78 is 42.9. The Bertz CT molecular complexity index is 862. The fraction of sp³-hybridized carbons (Fsp3) is 0.438. The Balaban J connectivity index is 1.68. The van der Waals surface area contributed by atoms with Crippen LogP contribution in [0.15, 0.2) is 35.5 Å². The van der Waals surface area contributed by atoms with E-state index in [1.54, 1.807) is 16.7 Å². The highest BCUT2D eigenvalue weighted by molar-refractivity contribution is 7.89. The molecule has 2 atom stereocenters. The van der Waals surface area contributed by atoms with Crippen LogP contribution in [0.3, 0.4) is 0 Å². The molecule has 1 aromatic heterocycles. The quantitative estimate of drug-likeness (QED) is 0.866. The molecule has 2 heterocycles. The molecule has 1 aliphatic heterocycles. The summed E-state index contributed by atoms with van der Waals surface area (Å²) in [6, 6.07) is 4.13. The fourth-order valence-electron chi connectivity index (χ4n) is 3.69. The van der Waals surface area contributed by atoms with Gasteiger partial charge in [-0.2, -0.15) is 9.40 Å². The second-order valence-electron chi connectivity index (χ2n) is 6.48. The molecule has 1 saturated carbocycles. The summed E-state index contributed by atoms with van der Waals surface area (Å²) in [6.07, 6.45) is 6.28. The first-order valence-electron chi connectivity index (χ1n) is 7.78. The molecule has 0 radical (unpaired) electrons. The maximum atomic E-state index is 14.4. The van der Waals surface area contributed by atoms with Crippen LogP contribution >= 0.6 is 0 Å². The summed E-state index contributed by atoms with van der Waals surface area (Å²) >= 11 is 0. The number of rotatable bonds is 3. The molecule has 7 heteroatoms. The number of benzene rings is 1. The predicted molar refractivity (Wildman–Crippen MR) is 83.3 cm³/mol. The summed E-state index contributed by atoms with van der Waals surface area (Å²) in [5.74, 6) is -0.121. The van der Waals surface area contributed by atoms with E-state index in [0.717, 1.165) is 30.9 Å². The molecule has 1 saturated heterocycles. The largest absolute Gasteiger partial charge is 0.243 e. The number of halogens is 1. The molecule has 0 N–H and O–H groups in total. The van der Waals surface area contributed by atoms with Gasteiger partial charge in [0.05, 0.1) is 11.1 Å². The summed E-state index contributed by atoms with van der Waals surface area (Å²) in [7, 11) is -3.62. The zero-order valence-electron chi connectivity index (χ0n) is 12.8. The van der Waals surface area contributed by atoms with E-state index in [2.05, 4.69) is 5.10 Å². The highest BCUT2D eigenvalue weighted by Crippen LogP contribution is 2.40. The molecule has 4 rings (SSSR count). The number of fused-ring (bicyclic) bond motifs is 2. The third-order valence-electron chi connectivity index (χ3n) is 4.84. The number of sulfonamides is 1. The predicted octanol–water partition coefficient (Wildman–Crippen LogP) is 2.49. The first-order chi connectivity index (χ1) is 10.9. The van der Waals surface area contributed by atoms with Gasteiger partial charge in [0.2, 0.25) is 10.0 Å². The maximum absolute atomic E-state index is 14.4. The number of aryl methyl sites for hydroxylation is 1. The molecule has 1 aromatic carbocycles. The van der Waals surface area contributed by atoms with E-state index < -0.39 is 15.8 Å². The van der Waals surface area contributed by atoms with Crippen LogP contribution in [0.4, 0.5) is 4.39 Å². The molecule has 122 valence electrons. The van der Waals surface area contributed by atoms with Crippen LogP contribution in [-0.4, -0.2) is 35.1 Å². The van der Waals surface area contributed by atoms with Crippen LogP contribution in [0.1, 0.15) is 24.8 Å². The van der Waals surface area contributed by atoms with Crippen molar-refractivity contribution >= 4 is 10.0 Å². The van der Waals surface area contributed by atoms with Gasteiger partial charge >= 0.3 is 0 Å². The second-order valence-corrected chi connectivity index (χ2v) is 8.37. The number of aromatic nitrogens is 2. The standard InChI is InChI=1S/C16H18FN3O2S/c1-11-8-18-19(9-11)16-5-4-14(7-15(16)17)23(21,22)20-10-12-2-3-13(20)6-12/h4-5,7-9,12-13H,2-3,6,10H2,1H3. The van der Waals surface area contributed by atoms with Crippen molar-refractivity contribution in [1.82, 2.24) is 14.1 Å². The van der Waals surface area contributed by atoms with E-state index in [4.69, 9.17) is 0 Å². The van der Waals surface area contributed by atoms with Crippen molar-refractivity contribution in [2.75, 3.05) is 6.54 Å². The minimum absolute atomic E-state index is 0.0233. The van der Waals surface area contributed by atoms with Crippen LogP contribution < -0.4 is 0 Å². The lowest BCUT2D eigenvalue weighted by Crippen LogP contribution is -2.37. The highest BCUT2D eigenvalue weighted by Gasteiger charge is 2.44. The smallest absolute Gasteiger partial charge is 0.238 e. The van der Waals surface area contributed by atoms with Crippen molar-refractivity contribution in [3.8, 4) is 5.69 Å². The Kier molecular flexibility index (Phi) is 3.32. The topological polar surface area (TPSA) is 55.2 Å². The van der Waals surface area contributed by atoms with E-state index in [0.29, 0.717) is 12.5 Å². The van der Waals surface area contributed by atoms with Gasteiger partial charge in [-0.15, -0.1) is 0 Å². The zero-order chi connectivity index (χ0) is 16.2. The van der Waals surface area contributed by atoms with Crippen molar-refractivity contribution in [2.24, 2.45) is 5.92 Å². The highest BCUT2D eigenvalue weighted by atomic mass is 32.2. The van der Waals surface area contributed by atoms with Crippen molar-refractivity contribution in [3.05, 3.63) is 42.0 Å². The maximum Gasteiger partial charge on any atom is 0.243 e. The van der Waals surface area contributed by atoms with Crippen LogP contribution in [0.25, 0.3) is 5.69 Å². The molecule has 5 nitrogen and oxygen atoms in total. The molecule has 23 heavy (non-hydrogen) atoms. The van der Waals surface area contributed by atoms with Gasteiger partial charge in [0.15, 0.2) is 0 Å². The third kappa shape index (κ3) is 2.38. The molecule has 1 aliphatic carbocycles. The van der Waals surface area contributed by atoms with E-state index in [1.165, 1.54) is 16.8 Å². The van der Waals surface area contributed by atoms with Gasteiger partial charge in [-0.3, -0.25) is 0 Å².